The zero-order valence-electron chi connectivity index (χ0n) is 6.20. The molecular formula is C5H11NO4S. The zero-order chi connectivity index (χ0) is 8.69. The maximum absolute atomic E-state index is 10.6. The molecule has 6 heteroatoms. The van der Waals surface area contributed by atoms with Gasteiger partial charge in [-0.3, -0.25) is 9.35 Å². The largest absolute Gasteiger partial charge is 0.466 e. The molecule has 0 aromatic heterocycles. The monoisotopic (exact) mass is 181 g/mol. The molecule has 1 unspecified atom stereocenters. The maximum atomic E-state index is 10.6. The lowest BCUT2D eigenvalue weighted by Gasteiger charge is -1.99. The summed E-state index contributed by atoms with van der Waals surface area (Å²) in [7, 11) is 0. The fraction of sp³-hybridized carbons (Fsp3) is 0.800. The molecule has 0 aromatic rings. The summed E-state index contributed by atoms with van der Waals surface area (Å²) in [4.78, 5) is 10.6. The predicted octanol–water partition coefficient (Wildman–Crippen LogP) is -0.334. The number of carbonyl (C=O) groups excluding carboxylic acids is 1. The van der Waals surface area contributed by atoms with E-state index in [4.69, 9.17) is 4.55 Å². The molecule has 0 aliphatic carbocycles. The highest BCUT2D eigenvalue weighted by Crippen LogP contribution is 1.83. The van der Waals surface area contributed by atoms with Crippen LogP contribution in [0.2, 0.25) is 0 Å². The molecule has 0 aliphatic heterocycles. The highest BCUT2D eigenvalue weighted by atomic mass is 32.2. The minimum atomic E-state index is -2.04. The van der Waals surface area contributed by atoms with E-state index in [1.165, 1.54) is 0 Å². The molecule has 1 atom stereocenters. The van der Waals surface area contributed by atoms with E-state index < -0.39 is 11.3 Å². The number of hydrogen-bond donors (Lipinski definition) is 2. The second kappa shape index (κ2) is 6.26. The summed E-state index contributed by atoms with van der Waals surface area (Å²) < 4.78 is 24.9. The predicted molar refractivity (Wildman–Crippen MR) is 40.0 cm³/mol. The van der Waals surface area contributed by atoms with Gasteiger partial charge in [-0.2, -0.15) is 0 Å². The van der Waals surface area contributed by atoms with Crippen LogP contribution in [0.15, 0.2) is 0 Å². The van der Waals surface area contributed by atoms with Crippen molar-refractivity contribution in [1.29, 1.82) is 0 Å². The molecule has 0 spiro atoms. The first-order chi connectivity index (χ1) is 5.16. The third kappa shape index (κ3) is 7.44. The summed E-state index contributed by atoms with van der Waals surface area (Å²) >= 11 is -2.04. The average molecular weight is 181 g/mol. The third-order valence-corrected chi connectivity index (χ3v) is 1.31. The molecule has 0 saturated carbocycles. The molecular weight excluding hydrogens is 170 g/mol. The van der Waals surface area contributed by atoms with Crippen molar-refractivity contribution >= 4 is 17.2 Å². The Morgan fingerprint density at radius 2 is 2.36 bits per heavy atom. The fourth-order valence-electron chi connectivity index (χ4n) is 0.474. The van der Waals surface area contributed by atoms with Crippen LogP contribution in [0.1, 0.15) is 13.3 Å². The summed E-state index contributed by atoms with van der Waals surface area (Å²) in [6, 6.07) is 0. The normalized spacial score (nSPS) is 12.5. The Bertz CT molecular complexity index is 149. The Hall–Kier alpha value is -0.460. The molecule has 0 amide bonds. The Kier molecular flexibility index (Phi) is 6.00. The first kappa shape index (κ1) is 10.5. The Morgan fingerprint density at radius 1 is 1.73 bits per heavy atom. The second-order valence-corrected chi connectivity index (χ2v) is 2.49. The van der Waals surface area contributed by atoms with Gasteiger partial charge in [0.15, 0.2) is 0 Å². The van der Waals surface area contributed by atoms with Crippen LogP contribution in [0.3, 0.4) is 0 Å². The summed E-state index contributed by atoms with van der Waals surface area (Å²) in [6.07, 6.45) is 0.111. The van der Waals surface area contributed by atoms with Crippen molar-refractivity contribution in [2.75, 3.05) is 13.2 Å². The van der Waals surface area contributed by atoms with Crippen molar-refractivity contribution < 1.29 is 18.3 Å². The van der Waals surface area contributed by atoms with Gasteiger partial charge in [-0.1, -0.05) is 0 Å². The van der Waals surface area contributed by atoms with Gasteiger partial charge in [0.2, 0.25) is 11.3 Å². The van der Waals surface area contributed by atoms with E-state index in [9.17, 15) is 9.00 Å². The fourth-order valence-corrected chi connectivity index (χ4v) is 0.750. The standard InChI is InChI=1S/C5H11NO4S/c1-2-10-5(7)3-4-6-11(8)9/h6H,2-4H2,1H3,(H,8,9). The Labute approximate surface area is 67.5 Å². The first-order valence-electron chi connectivity index (χ1n) is 3.16. The van der Waals surface area contributed by atoms with Gasteiger partial charge in [-0.25, -0.2) is 8.93 Å². The third-order valence-electron chi connectivity index (χ3n) is 0.860. The van der Waals surface area contributed by atoms with E-state index in [1.54, 1.807) is 6.92 Å². The minimum absolute atomic E-state index is 0.111. The summed E-state index contributed by atoms with van der Waals surface area (Å²) in [5.41, 5.74) is 0. The van der Waals surface area contributed by atoms with E-state index >= 15 is 0 Å². The van der Waals surface area contributed by atoms with Crippen molar-refractivity contribution in [3.8, 4) is 0 Å². The molecule has 2 N–H and O–H groups in total. The van der Waals surface area contributed by atoms with Gasteiger partial charge in [0.05, 0.1) is 13.0 Å². The molecule has 0 heterocycles. The molecule has 0 aromatic carbocycles. The molecule has 0 bridgehead atoms. The lowest BCUT2D eigenvalue weighted by molar-refractivity contribution is -0.142. The van der Waals surface area contributed by atoms with Gasteiger partial charge in [-0.05, 0) is 6.92 Å². The number of nitrogens with one attached hydrogen (secondary N) is 1. The van der Waals surface area contributed by atoms with Crippen molar-refractivity contribution in [1.82, 2.24) is 4.72 Å². The van der Waals surface area contributed by atoms with E-state index in [2.05, 4.69) is 9.46 Å². The lowest BCUT2D eigenvalue weighted by atomic mass is 10.4. The van der Waals surface area contributed by atoms with Crippen LogP contribution in [0.25, 0.3) is 0 Å². The van der Waals surface area contributed by atoms with E-state index in [0.717, 1.165) is 0 Å². The minimum Gasteiger partial charge on any atom is -0.466 e. The SMILES string of the molecule is CCOC(=O)CCNS(=O)O. The average Bonchev–Trinajstić information content (AvgIpc) is 1.87. The summed E-state index contributed by atoms with van der Waals surface area (Å²) in [6.45, 7) is 2.19. The van der Waals surface area contributed by atoms with Crippen molar-refractivity contribution in [2.24, 2.45) is 0 Å². The molecule has 0 rings (SSSR count). The van der Waals surface area contributed by atoms with Gasteiger partial charge in [0.1, 0.15) is 0 Å². The molecule has 0 radical (unpaired) electrons. The Balaban J connectivity index is 3.24. The van der Waals surface area contributed by atoms with Crippen molar-refractivity contribution in [2.45, 2.75) is 13.3 Å². The van der Waals surface area contributed by atoms with Gasteiger partial charge in [0.25, 0.3) is 0 Å². The lowest BCUT2D eigenvalue weighted by Crippen LogP contribution is -2.20. The highest BCUT2D eigenvalue weighted by Gasteiger charge is 2.00. The molecule has 0 fully saturated rings. The van der Waals surface area contributed by atoms with E-state index in [-0.39, 0.29) is 18.9 Å². The second-order valence-electron chi connectivity index (χ2n) is 1.70. The van der Waals surface area contributed by atoms with Gasteiger partial charge >= 0.3 is 5.97 Å². The van der Waals surface area contributed by atoms with Crippen molar-refractivity contribution in [3.63, 3.8) is 0 Å². The molecule has 11 heavy (non-hydrogen) atoms. The number of carbonyl (C=O) groups is 1. The number of esters is 1. The Morgan fingerprint density at radius 3 is 2.82 bits per heavy atom. The maximum Gasteiger partial charge on any atom is 0.307 e. The van der Waals surface area contributed by atoms with Gasteiger partial charge < -0.3 is 4.74 Å². The smallest absolute Gasteiger partial charge is 0.307 e. The van der Waals surface area contributed by atoms with E-state index in [1.807, 2.05) is 0 Å². The number of rotatable bonds is 5. The van der Waals surface area contributed by atoms with Crippen LogP contribution in [0.5, 0.6) is 0 Å². The van der Waals surface area contributed by atoms with Crippen LogP contribution in [0.4, 0.5) is 0 Å². The first-order valence-corrected chi connectivity index (χ1v) is 4.27. The summed E-state index contributed by atoms with van der Waals surface area (Å²) in [5.74, 6) is -0.370. The molecule has 0 aliphatic rings. The number of hydrogen-bond acceptors (Lipinski definition) is 3. The van der Waals surface area contributed by atoms with Crippen LogP contribution < -0.4 is 4.72 Å². The highest BCUT2D eigenvalue weighted by molar-refractivity contribution is 7.77. The summed E-state index contributed by atoms with van der Waals surface area (Å²) in [5, 5.41) is 0. The topological polar surface area (TPSA) is 75.6 Å². The van der Waals surface area contributed by atoms with Crippen LogP contribution in [0, 0.1) is 0 Å². The van der Waals surface area contributed by atoms with Crippen LogP contribution in [-0.4, -0.2) is 27.9 Å². The van der Waals surface area contributed by atoms with Gasteiger partial charge in [-0.15, -0.1) is 0 Å². The van der Waals surface area contributed by atoms with Crippen LogP contribution in [-0.2, 0) is 20.8 Å². The van der Waals surface area contributed by atoms with E-state index in [0.29, 0.717) is 6.61 Å². The zero-order valence-corrected chi connectivity index (χ0v) is 7.02. The molecule has 66 valence electrons. The quantitative estimate of drug-likeness (QED) is 0.449. The number of ether oxygens (including phenoxy) is 1. The van der Waals surface area contributed by atoms with Crippen molar-refractivity contribution in [3.05, 3.63) is 0 Å². The molecule has 0 saturated heterocycles. The molecule has 5 nitrogen and oxygen atoms in total. The van der Waals surface area contributed by atoms with Crippen LogP contribution >= 0.6 is 0 Å². The van der Waals surface area contributed by atoms with Gasteiger partial charge in [0, 0.05) is 6.54 Å².